The lowest BCUT2D eigenvalue weighted by Gasteiger charge is -2.14. The predicted octanol–water partition coefficient (Wildman–Crippen LogP) is 2.80. The van der Waals surface area contributed by atoms with E-state index in [-0.39, 0.29) is 5.91 Å². The molecule has 1 rings (SSSR count). The molecule has 1 amide bonds. The van der Waals surface area contributed by atoms with Crippen LogP contribution in [-0.2, 0) is 4.79 Å². The smallest absolute Gasteiger partial charge is 0.241 e. The van der Waals surface area contributed by atoms with Gasteiger partial charge >= 0.3 is 0 Å². The van der Waals surface area contributed by atoms with Crippen molar-refractivity contribution in [2.75, 3.05) is 11.9 Å². The zero-order valence-electron chi connectivity index (χ0n) is 10.7. The van der Waals surface area contributed by atoms with Gasteiger partial charge in [-0.25, -0.2) is 0 Å². The molecule has 0 aromatic heterocycles. The summed E-state index contributed by atoms with van der Waals surface area (Å²) in [6.07, 6.45) is 1.47. The lowest BCUT2D eigenvalue weighted by molar-refractivity contribution is -0.117. The third-order valence-electron chi connectivity index (χ3n) is 2.44. The van der Waals surface area contributed by atoms with Crippen molar-refractivity contribution in [2.45, 2.75) is 32.7 Å². The molecule has 1 aromatic rings. The standard InChI is InChI=1S/C13H19ClN2O2/c1-3-7-18-12-6-5-9(14)8-11(12)16-13(17)10(15)4-2/h5-6,8,10H,3-4,7,15H2,1-2H3,(H,16,17). The van der Waals surface area contributed by atoms with Gasteiger partial charge in [-0.05, 0) is 31.0 Å². The zero-order chi connectivity index (χ0) is 13.5. The van der Waals surface area contributed by atoms with Crippen LogP contribution >= 0.6 is 11.6 Å². The van der Waals surface area contributed by atoms with Crippen LogP contribution in [0.15, 0.2) is 18.2 Å². The topological polar surface area (TPSA) is 64.3 Å². The quantitative estimate of drug-likeness (QED) is 0.835. The third-order valence-corrected chi connectivity index (χ3v) is 2.67. The van der Waals surface area contributed by atoms with Crippen LogP contribution < -0.4 is 15.8 Å². The lowest BCUT2D eigenvalue weighted by Crippen LogP contribution is -2.34. The molecule has 0 aliphatic carbocycles. The second-order valence-corrected chi connectivity index (χ2v) is 4.43. The highest BCUT2D eigenvalue weighted by Gasteiger charge is 2.14. The number of carbonyl (C=O) groups excluding carboxylic acids is 1. The molecule has 0 aliphatic heterocycles. The Bertz CT molecular complexity index is 410. The maximum atomic E-state index is 11.7. The summed E-state index contributed by atoms with van der Waals surface area (Å²) in [5.74, 6) is 0.374. The predicted molar refractivity (Wildman–Crippen MR) is 74.1 cm³/mol. The van der Waals surface area contributed by atoms with Gasteiger partial charge in [0.2, 0.25) is 5.91 Å². The molecule has 4 nitrogen and oxygen atoms in total. The summed E-state index contributed by atoms with van der Waals surface area (Å²) in [7, 11) is 0. The Morgan fingerprint density at radius 1 is 1.50 bits per heavy atom. The number of benzene rings is 1. The SMILES string of the molecule is CCCOc1ccc(Cl)cc1NC(=O)C(N)CC. The van der Waals surface area contributed by atoms with Gasteiger partial charge in [0.25, 0.3) is 0 Å². The number of nitrogens with two attached hydrogens (primary N) is 1. The maximum Gasteiger partial charge on any atom is 0.241 e. The first-order valence-electron chi connectivity index (χ1n) is 6.07. The first-order chi connectivity index (χ1) is 8.58. The first kappa shape index (κ1) is 14.8. The van der Waals surface area contributed by atoms with Crippen molar-refractivity contribution < 1.29 is 9.53 Å². The fourth-order valence-electron chi connectivity index (χ4n) is 1.35. The molecule has 100 valence electrons. The van der Waals surface area contributed by atoms with E-state index >= 15 is 0 Å². The maximum absolute atomic E-state index is 11.7. The highest BCUT2D eigenvalue weighted by molar-refractivity contribution is 6.31. The van der Waals surface area contributed by atoms with E-state index in [9.17, 15) is 4.79 Å². The number of hydrogen-bond acceptors (Lipinski definition) is 3. The van der Waals surface area contributed by atoms with Gasteiger partial charge in [-0.1, -0.05) is 25.4 Å². The second-order valence-electron chi connectivity index (χ2n) is 3.99. The molecule has 0 saturated carbocycles. The van der Waals surface area contributed by atoms with E-state index in [1.165, 1.54) is 0 Å². The van der Waals surface area contributed by atoms with Gasteiger partial charge in [-0.3, -0.25) is 4.79 Å². The number of ether oxygens (including phenoxy) is 1. The number of rotatable bonds is 6. The zero-order valence-corrected chi connectivity index (χ0v) is 11.5. The van der Waals surface area contributed by atoms with E-state index in [2.05, 4.69) is 5.32 Å². The van der Waals surface area contributed by atoms with Crippen LogP contribution in [0.1, 0.15) is 26.7 Å². The summed E-state index contributed by atoms with van der Waals surface area (Å²) in [6.45, 7) is 4.46. The largest absolute Gasteiger partial charge is 0.491 e. The molecule has 0 bridgehead atoms. The summed E-state index contributed by atoms with van der Waals surface area (Å²) in [4.78, 5) is 11.7. The van der Waals surface area contributed by atoms with Crippen LogP contribution in [0.2, 0.25) is 5.02 Å². The average molecular weight is 271 g/mol. The van der Waals surface area contributed by atoms with Gasteiger partial charge in [0.05, 0.1) is 18.3 Å². The highest BCUT2D eigenvalue weighted by atomic mass is 35.5. The molecule has 3 N–H and O–H groups in total. The van der Waals surface area contributed by atoms with Crippen molar-refractivity contribution in [1.29, 1.82) is 0 Å². The van der Waals surface area contributed by atoms with Crippen LogP contribution in [0.25, 0.3) is 0 Å². The van der Waals surface area contributed by atoms with E-state index in [1.807, 2.05) is 13.8 Å². The fraction of sp³-hybridized carbons (Fsp3) is 0.462. The third kappa shape index (κ3) is 4.20. The average Bonchev–Trinajstić information content (AvgIpc) is 2.36. The van der Waals surface area contributed by atoms with E-state index < -0.39 is 6.04 Å². The minimum atomic E-state index is -0.525. The van der Waals surface area contributed by atoms with Gasteiger partial charge in [0.1, 0.15) is 5.75 Å². The minimum Gasteiger partial charge on any atom is -0.491 e. The number of anilines is 1. The molecule has 1 atom stereocenters. The Balaban J connectivity index is 2.84. The number of hydrogen-bond donors (Lipinski definition) is 2. The molecule has 18 heavy (non-hydrogen) atoms. The fourth-order valence-corrected chi connectivity index (χ4v) is 1.52. The van der Waals surface area contributed by atoms with Crippen LogP contribution in [0, 0.1) is 0 Å². The van der Waals surface area contributed by atoms with E-state index in [4.69, 9.17) is 22.1 Å². The molecular weight excluding hydrogens is 252 g/mol. The molecule has 0 fully saturated rings. The van der Waals surface area contributed by atoms with Gasteiger partial charge < -0.3 is 15.8 Å². The Labute approximate surface area is 112 Å². The summed E-state index contributed by atoms with van der Waals surface area (Å²) in [5, 5.41) is 3.28. The molecular formula is C13H19ClN2O2. The Kier molecular flexibility index (Phi) is 5.95. The summed E-state index contributed by atoms with van der Waals surface area (Å²) in [6, 6.07) is 4.60. The van der Waals surface area contributed by atoms with Crippen molar-refractivity contribution in [1.82, 2.24) is 0 Å². The number of amides is 1. The van der Waals surface area contributed by atoms with E-state index in [1.54, 1.807) is 18.2 Å². The number of halogens is 1. The van der Waals surface area contributed by atoms with Crippen molar-refractivity contribution in [2.24, 2.45) is 5.73 Å². The van der Waals surface area contributed by atoms with Gasteiger partial charge in [0.15, 0.2) is 0 Å². The molecule has 1 aromatic carbocycles. The highest BCUT2D eigenvalue weighted by Crippen LogP contribution is 2.28. The number of carbonyl (C=O) groups is 1. The molecule has 0 spiro atoms. The van der Waals surface area contributed by atoms with Gasteiger partial charge in [-0.15, -0.1) is 0 Å². The summed E-state index contributed by atoms with van der Waals surface area (Å²) in [5.41, 5.74) is 6.23. The van der Waals surface area contributed by atoms with Gasteiger partial charge in [-0.2, -0.15) is 0 Å². The van der Waals surface area contributed by atoms with Crippen molar-refractivity contribution in [3.63, 3.8) is 0 Å². The molecule has 1 unspecified atom stereocenters. The Morgan fingerprint density at radius 2 is 2.22 bits per heavy atom. The molecule has 0 aliphatic rings. The Hall–Kier alpha value is -1.26. The lowest BCUT2D eigenvalue weighted by atomic mass is 10.2. The van der Waals surface area contributed by atoms with Crippen molar-refractivity contribution >= 4 is 23.2 Å². The van der Waals surface area contributed by atoms with Gasteiger partial charge in [0, 0.05) is 5.02 Å². The molecule has 5 heteroatoms. The van der Waals surface area contributed by atoms with Crippen LogP contribution in [0.3, 0.4) is 0 Å². The van der Waals surface area contributed by atoms with E-state index in [0.717, 1.165) is 6.42 Å². The van der Waals surface area contributed by atoms with Crippen LogP contribution in [-0.4, -0.2) is 18.6 Å². The monoisotopic (exact) mass is 270 g/mol. The van der Waals surface area contributed by atoms with E-state index in [0.29, 0.717) is 29.5 Å². The Morgan fingerprint density at radius 3 is 2.83 bits per heavy atom. The van der Waals surface area contributed by atoms with Crippen molar-refractivity contribution in [3.05, 3.63) is 23.2 Å². The summed E-state index contributed by atoms with van der Waals surface area (Å²) >= 11 is 5.91. The van der Waals surface area contributed by atoms with Crippen LogP contribution in [0.5, 0.6) is 5.75 Å². The minimum absolute atomic E-state index is 0.235. The molecule has 0 heterocycles. The first-order valence-corrected chi connectivity index (χ1v) is 6.45. The summed E-state index contributed by atoms with van der Waals surface area (Å²) < 4.78 is 5.54. The second kappa shape index (κ2) is 7.24. The van der Waals surface area contributed by atoms with Crippen molar-refractivity contribution in [3.8, 4) is 5.75 Å². The van der Waals surface area contributed by atoms with Crippen LogP contribution in [0.4, 0.5) is 5.69 Å². The molecule has 0 saturated heterocycles. The molecule has 0 radical (unpaired) electrons. The number of nitrogens with one attached hydrogen (secondary N) is 1. The normalized spacial score (nSPS) is 12.0.